The second kappa shape index (κ2) is 4.24. The molecule has 0 radical (unpaired) electrons. The Kier molecular flexibility index (Phi) is 3.53. The van der Waals surface area contributed by atoms with Gasteiger partial charge in [0.2, 0.25) is 0 Å². The van der Waals surface area contributed by atoms with Crippen molar-refractivity contribution in [2.24, 2.45) is 5.92 Å². The van der Waals surface area contributed by atoms with Crippen LogP contribution in [0.5, 0.6) is 0 Å². The highest BCUT2D eigenvalue weighted by Gasteiger charge is 2.28. The summed E-state index contributed by atoms with van der Waals surface area (Å²) < 4.78 is 0. The summed E-state index contributed by atoms with van der Waals surface area (Å²) in [6.07, 6.45) is 1.24. The summed E-state index contributed by atoms with van der Waals surface area (Å²) in [6.45, 7) is 10.2. The van der Waals surface area contributed by atoms with Gasteiger partial charge in [0.1, 0.15) is 0 Å². The lowest BCUT2D eigenvalue weighted by atomic mass is 9.96. The van der Waals surface area contributed by atoms with Gasteiger partial charge in [0, 0.05) is 24.7 Å². The molecule has 0 saturated carbocycles. The van der Waals surface area contributed by atoms with Crippen molar-refractivity contribution in [1.29, 1.82) is 0 Å². The highest BCUT2D eigenvalue weighted by molar-refractivity contribution is 4.92. The molecule has 2 N–H and O–H groups in total. The largest absolute Gasteiger partial charge is 0.311 e. The number of rotatable bonds is 4. The third kappa shape index (κ3) is 2.20. The van der Waals surface area contributed by atoms with Crippen molar-refractivity contribution in [3.63, 3.8) is 0 Å². The van der Waals surface area contributed by atoms with Crippen LogP contribution < -0.4 is 10.6 Å². The molecule has 0 aromatic rings. The van der Waals surface area contributed by atoms with Crippen LogP contribution in [0.15, 0.2) is 0 Å². The van der Waals surface area contributed by atoms with Crippen LogP contribution in [-0.2, 0) is 0 Å². The van der Waals surface area contributed by atoms with Crippen LogP contribution in [0.3, 0.4) is 0 Å². The lowest BCUT2D eigenvalue weighted by molar-refractivity contribution is 0.229. The van der Waals surface area contributed by atoms with Gasteiger partial charge < -0.3 is 10.6 Å². The molecule has 1 rings (SSSR count). The first-order valence-corrected chi connectivity index (χ1v) is 5.14. The maximum Gasteiger partial charge on any atom is 0.0346 e. The maximum atomic E-state index is 3.69. The molecule has 1 aliphatic rings. The van der Waals surface area contributed by atoms with E-state index >= 15 is 0 Å². The second-order valence-electron chi connectivity index (χ2n) is 4.23. The molecule has 0 amide bonds. The highest BCUT2D eigenvalue weighted by atomic mass is 15.1. The van der Waals surface area contributed by atoms with E-state index < -0.39 is 0 Å². The smallest absolute Gasteiger partial charge is 0.0346 e. The molecule has 12 heavy (non-hydrogen) atoms. The third-order valence-electron chi connectivity index (χ3n) is 2.94. The quantitative estimate of drug-likeness (QED) is 0.666. The Hall–Kier alpha value is -0.0800. The van der Waals surface area contributed by atoms with E-state index in [-0.39, 0.29) is 0 Å². The normalized spacial score (nSPS) is 31.8. The predicted octanol–water partition coefficient (Wildman–Crippen LogP) is 1.37. The SMILES string of the molecule is CCC(N[C@@H]1CN[C@@H]1C)C(C)C. The van der Waals surface area contributed by atoms with Gasteiger partial charge in [0.25, 0.3) is 0 Å². The van der Waals surface area contributed by atoms with E-state index in [0.29, 0.717) is 18.1 Å². The molecule has 0 spiro atoms. The van der Waals surface area contributed by atoms with Gasteiger partial charge in [-0.2, -0.15) is 0 Å². The first-order chi connectivity index (χ1) is 5.65. The molecule has 72 valence electrons. The standard InChI is InChI=1S/C10H22N2/c1-5-9(7(2)3)12-10-6-11-8(10)4/h7-12H,5-6H2,1-4H3/t8-,9?,10-/m1/s1. The Labute approximate surface area is 76.1 Å². The van der Waals surface area contributed by atoms with E-state index in [9.17, 15) is 0 Å². The van der Waals surface area contributed by atoms with Gasteiger partial charge in [0.15, 0.2) is 0 Å². The van der Waals surface area contributed by atoms with Crippen molar-refractivity contribution in [3.8, 4) is 0 Å². The first-order valence-electron chi connectivity index (χ1n) is 5.14. The van der Waals surface area contributed by atoms with E-state index in [1.165, 1.54) is 6.42 Å². The fourth-order valence-corrected chi connectivity index (χ4v) is 1.73. The Bertz CT molecular complexity index is 134. The minimum absolute atomic E-state index is 0.665. The molecular weight excluding hydrogens is 148 g/mol. The first kappa shape index (κ1) is 10.0. The minimum atomic E-state index is 0.665. The summed E-state index contributed by atoms with van der Waals surface area (Å²) >= 11 is 0. The monoisotopic (exact) mass is 170 g/mol. The predicted molar refractivity (Wildman–Crippen MR) is 53.3 cm³/mol. The molecule has 2 nitrogen and oxygen atoms in total. The molecule has 0 aromatic heterocycles. The van der Waals surface area contributed by atoms with E-state index in [0.717, 1.165) is 12.5 Å². The van der Waals surface area contributed by atoms with Crippen LogP contribution in [0.4, 0.5) is 0 Å². The number of hydrogen-bond donors (Lipinski definition) is 2. The van der Waals surface area contributed by atoms with Gasteiger partial charge in [-0.3, -0.25) is 0 Å². The Morgan fingerprint density at radius 1 is 1.50 bits per heavy atom. The van der Waals surface area contributed by atoms with Crippen LogP contribution >= 0.6 is 0 Å². The fraction of sp³-hybridized carbons (Fsp3) is 1.00. The van der Waals surface area contributed by atoms with Gasteiger partial charge in [-0.25, -0.2) is 0 Å². The summed E-state index contributed by atoms with van der Waals surface area (Å²) in [5.74, 6) is 0.753. The zero-order valence-electron chi connectivity index (χ0n) is 8.72. The van der Waals surface area contributed by atoms with Crippen LogP contribution in [0.25, 0.3) is 0 Å². The molecule has 0 aliphatic carbocycles. The third-order valence-corrected chi connectivity index (χ3v) is 2.94. The summed E-state index contributed by atoms with van der Waals surface area (Å²) in [7, 11) is 0. The lowest BCUT2D eigenvalue weighted by Crippen LogP contribution is -2.64. The molecule has 3 atom stereocenters. The zero-order valence-corrected chi connectivity index (χ0v) is 8.72. The van der Waals surface area contributed by atoms with Crippen molar-refractivity contribution in [2.45, 2.75) is 52.2 Å². The van der Waals surface area contributed by atoms with Crippen molar-refractivity contribution in [3.05, 3.63) is 0 Å². The Morgan fingerprint density at radius 3 is 2.42 bits per heavy atom. The Balaban J connectivity index is 2.27. The molecular formula is C10H22N2. The number of nitrogens with one attached hydrogen (secondary N) is 2. The molecule has 2 heteroatoms. The van der Waals surface area contributed by atoms with Crippen LogP contribution in [0, 0.1) is 5.92 Å². The van der Waals surface area contributed by atoms with Crippen molar-refractivity contribution in [2.75, 3.05) is 6.54 Å². The van der Waals surface area contributed by atoms with Gasteiger partial charge in [-0.1, -0.05) is 20.8 Å². The van der Waals surface area contributed by atoms with Gasteiger partial charge in [-0.15, -0.1) is 0 Å². The average Bonchev–Trinajstić information content (AvgIpc) is 2.02. The highest BCUT2D eigenvalue weighted by Crippen LogP contribution is 2.10. The van der Waals surface area contributed by atoms with E-state index in [1.807, 2.05) is 0 Å². The summed E-state index contributed by atoms with van der Waals surface area (Å²) in [4.78, 5) is 0. The second-order valence-corrected chi connectivity index (χ2v) is 4.23. The molecule has 1 aliphatic heterocycles. The molecule has 0 bridgehead atoms. The molecule has 1 fully saturated rings. The Morgan fingerprint density at radius 2 is 2.17 bits per heavy atom. The minimum Gasteiger partial charge on any atom is -0.311 e. The van der Waals surface area contributed by atoms with Crippen LogP contribution in [-0.4, -0.2) is 24.7 Å². The average molecular weight is 170 g/mol. The van der Waals surface area contributed by atoms with Crippen molar-refractivity contribution >= 4 is 0 Å². The van der Waals surface area contributed by atoms with E-state index in [1.54, 1.807) is 0 Å². The van der Waals surface area contributed by atoms with Gasteiger partial charge >= 0.3 is 0 Å². The van der Waals surface area contributed by atoms with Crippen molar-refractivity contribution < 1.29 is 0 Å². The summed E-state index contributed by atoms with van der Waals surface area (Å²) in [5.41, 5.74) is 0. The topological polar surface area (TPSA) is 24.1 Å². The van der Waals surface area contributed by atoms with E-state index in [2.05, 4.69) is 38.3 Å². The van der Waals surface area contributed by atoms with Gasteiger partial charge in [-0.05, 0) is 19.3 Å². The summed E-state index contributed by atoms with van der Waals surface area (Å²) in [5, 5.41) is 7.05. The molecule has 1 unspecified atom stereocenters. The van der Waals surface area contributed by atoms with E-state index in [4.69, 9.17) is 0 Å². The van der Waals surface area contributed by atoms with Gasteiger partial charge in [0.05, 0.1) is 0 Å². The number of hydrogen-bond acceptors (Lipinski definition) is 2. The van der Waals surface area contributed by atoms with Crippen LogP contribution in [0.1, 0.15) is 34.1 Å². The fourth-order valence-electron chi connectivity index (χ4n) is 1.73. The molecule has 1 saturated heterocycles. The lowest BCUT2D eigenvalue weighted by Gasteiger charge is -2.39. The van der Waals surface area contributed by atoms with Crippen molar-refractivity contribution in [1.82, 2.24) is 10.6 Å². The zero-order chi connectivity index (χ0) is 9.14. The van der Waals surface area contributed by atoms with Crippen LogP contribution in [0.2, 0.25) is 0 Å². The molecule has 0 aromatic carbocycles. The maximum absolute atomic E-state index is 3.69. The molecule has 1 heterocycles. The summed E-state index contributed by atoms with van der Waals surface area (Å²) in [6, 6.07) is 2.06.